The van der Waals surface area contributed by atoms with Crippen LogP contribution < -0.4 is 9.84 Å². The Kier molecular flexibility index (Phi) is 2.93. The first kappa shape index (κ1) is 10.1. The summed E-state index contributed by atoms with van der Waals surface area (Å²) in [5.74, 6) is -0.906. The van der Waals surface area contributed by atoms with E-state index in [0.717, 1.165) is 4.47 Å². The molecule has 0 aliphatic carbocycles. The molecular weight excluding hydrogens is 236 g/mol. The molecule has 0 aromatic heterocycles. The lowest BCUT2D eigenvalue weighted by molar-refractivity contribution is -0.255. The number of carboxylic acid groups (broad SMARTS) is 1. The summed E-state index contributed by atoms with van der Waals surface area (Å²) in [5, 5.41) is 10.7. The lowest BCUT2D eigenvalue weighted by atomic mass is 10.1. The molecule has 0 amide bonds. The second-order valence-corrected chi connectivity index (χ2v) is 3.39. The van der Waals surface area contributed by atoms with Crippen molar-refractivity contribution in [3.8, 4) is 5.75 Å². The van der Waals surface area contributed by atoms with Gasteiger partial charge in [0.1, 0.15) is 5.75 Å². The smallest absolute Gasteiger partial charge is 0.128 e. The lowest BCUT2D eigenvalue weighted by Crippen LogP contribution is -2.24. The molecule has 0 spiro atoms. The van der Waals surface area contributed by atoms with Crippen LogP contribution in [0.25, 0.3) is 0 Å². The van der Waals surface area contributed by atoms with Crippen LogP contribution in [0.2, 0.25) is 0 Å². The van der Waals surface area contributed by atoms with Crippen LogP contribution in [0.4, 0.5) is 0 Å². The van der Waals surface area contributed by atoms with E-state index in [2.05, 4.69) is 15.9 Å². The first-order valence-corrected chi connectivity index (χ1v) is 4.41. The molecule has 4 heteroatoms. The van der Waals surface area contributed by atoms with Gasteiger partial charge < -0.3 is 14.6 Å². The molecule has 3 nitrogen and oxygen atoms in total. The quantitative estimate of drug-likeness (QED) is 0.783. The zero-order chi connectivity index (χ0) is 10.0. The van der Waals surface area contributed by atoms with Crippen LogP contribution in [0, 0.1) is 6.92 Å². The molecule has 0 aliphatic rings. The zero-order valence-electron chi connectivity index (χ0n) is 7.26. The standard InChI is InChI=1S/C9H9BrO3/c1-5-6(10)3-4-7(13-2)8(5)9(11)12/h3-4H,1-2H3,(H,11,12)/p-1. The number of carbonyl (C=O) groups is 1. The first-order chi connectivity index (χ1) is 6.07. The van der Waals surface area contributed by atoms with Crippen molar-refractivity contribution in [2.45, 2.75) is 6.92 Å². The van der Waals surface area contributed by atoms with Gasteiger partial charge in [-0.2, -0.15) is 0 Å². The average Bonchev–Trinajstić information content (AvgIpc) is 2.08. The van der Waals surface area contributed by atoms with Gasteiger partial charge in [-0.3, -0.25) is 0 Å². The summed E-state index contributed by atoms with van der Waals surface area (Å²) in [7, 11) is 1.43. The summed E-state index contributed by atoms with van der Waals surface area (Å²) in [5.41, 5.74) is 0.705. The molecule has 0 bridgehead atoms. The van der Waals surface area contributed by atoms with Gasteiger partial charge in [0.15, 0.2) is 0 Å². The van der Waals surface area contributed by atoms with E-state index in [-0.39, 0.29) is 5.56 Å². The highest BCUT2D eigenvalue weighted by atomic mass is 79.9. The van der Waals surface area contributed by atoms with Gasteiger partial charge in [0.25, 0.3) is 0 Å². The van der Waals surface area contributed by atoms with Crippen LogP contribution in [-0.2, 0) is 0 Å². The molecule has 1 aromatic carbocycles. The van der Waals surface area contributed by atoms with Crippen LogP contribution >= 0.6 is 15.9 Å². The van der Waals surface area contributed by atoms with Crippen molar-refractivity contribution in [1.82, 2.24) is 0 Å². The predicted molar refractivity (Wildman–Crippen MR) is 49.8 cm³/mol. The Bertz CT molecular complexity index is 347. The number of methoxy groups -OCH3 is 1. The number of ether oxygens (including phenoxy) is 1. The van der Waals surface area contributed by atoms with Crippen molar-refractivity contribution in [2.24, 2.45) is 0 Å². The Hall–Kier alpha value is -1.03. The van der Waals surface area contributed by atoms with Crippen LogP contribution in [0.5, 0.6) is 5.75 Å². The molecule has 0 aliphatic heterocycles. The average molecular weight is 244 g/mol. The maximum atomic E-state index is 10.7. The number of carboxylic acids is 1. The number of rotatable bonds is 2. The van der Waals surface area contributed by atoms with Gasteiger partial charge in [-0.25, -0.2) is 0 Å². The summed E-state index contributed by atoms with van der Waals surface area (Å²) < 4.78 is 5.63. The molecule has 1 rings (SSSR count). The molecule has 1 aromatic rings. The Morgan fingerprint density at radius 1 is 1.54 bits per heavy atom. The van der Waals surface area contributed by atoms with Crippen molar-refractivity contribution < 1.29 is 14.6 Å². The van der Waals surface area contributed by atoms with Crippen molar-refractivity contribution in [3.63, 3.8) is 0 Å². The number of carbonyl (C=O) groups excluding carboxylic acids is 1. The molecule has 0 N–H and O–H groups in total. The highest BCUT2D eigenvalue weighted by Crippen LogP contribution is 2.27. The van der Waals surface area contributed by atoms with E-state index >= 15 is 0 Å². The van der Waals surface area contributed by atoms with Crippen molar-refractivity contribution >= 4 is 21.9 Å². The number of hydrogen-bond donors (Lipinski definition) is 0. The largest absolute Gasteiger partial charge is 0.545 e. The molecule has 0 unspecified atom stereocenters. The second kappa shape index (κ2) is 3.79. The van der Waals surface area contributed by atoms with Crippen LogP contribution in [0.3, 0.4) is 0 Å². The normalized spacial score (nSPS) is 9.77. The fourth-order valence-corrected chi connectivity index (χ4v) is 1.42. The minimum atomic E-state index is -1.23. The molecule has 0 radical (unpaired) electrons. The van der Waals surface area contributed by atoms with Crippen molar-refractivity contribution in [2.75, 3.05) is 7.11 Å². The molecule has 13 heavy (non-hydrogen) atoms. The molecular formula is C9H8BrO3-. The number of benzene rings is 1. The van der Waals surface area contributed by atoms with E-state index < -0.39 is 5.97 Å². The second-order valence-electron chi connectivity index (χ2n) is 2.54. The van der Waals surface area contributed by atoms with E-state index in [1.54, 1.807) is 19.1 Å². The van der Waals surface area contributed by atoms with Crippen LogP contribution in [0.15, 0.2) is 16.6 Å². The zero-order valence-corrected chi connectivity index (χ0v) is 8.84. The van der Waals surface area contributed by atoms with E-state index in [9.17, 15) is 9.90 Å². The highest BCUT2D eigenvalue weighted by molar-refractivity contribution is 9.10. The SMILES string of the molecule is COc1ccc(Br)c(C)c1C(=O)[O-]. The third-order valence-corrected chi connectivity index (χ3v) is 2.64. The molecule has 0 heterocycles. The fourth-order valence-electron chi connectivity index (χ4n) is 1.09. The Labute approximate surface area is 84.5 Å². The Balaban J connectivity index is 3.41. The molecule has 0 atom stereocenters. The van der Waals surface area contributed by atoms with Gasteiger partial charge in [0, 0.05) is 10.0 Å². The molecule has 0 saturated heterocycles. The summed E-state index contributed by atoms with van der Waals surface area (Å²) >= 11 is 3.23. The van der Waals surface area contributed by atoms with Crippen molar-refractivity contribution in [3.05, 3.63) is 27.7 Å². The van der Waals surface area contributed by atoms with E-state index in [1.807, 2.05) is 0 Å². The summed E-state index contributed by atoms with van der Waals surface area (Å²) in [4.78, 5) is 10.7. The topological polar surface area (TPSA) is 49.4 Å². The summed E-state index contributed by atoms with van der Waals surface area (Å²) in [6.45, 7) is 1.69. The van der Waals surface area contributed by atoms with Gasteiger partial charge in [-0.05, 0) is 24.6 Å². The van der Waals surface area contributed by atoms with Crippen molar-refractivity contribution in [1.29, 1.82) is 0 Å². The summed E-state index contributed by atoms with van der Waals surface area (Å²) in [6, 6.07) is 3.32. The molecule has 0 saturated carbocycles. The van der Waals surface area contributed by atoms with Crippen LogP contribution in [0.1, 0.15) is 15.9 Å². The maximum absolute atomic E-state index is 10.7. The van der Waals surface area contributed by atoms with Gasteiger partial charge in [-0.1, -0.05) is 15.9 Å². The maximum Gasteiger partial charge on any atom is 0.128 e. The lowest BCUT2D eigenvalue weighted by Gasteiger charge is -2.13. The Morgan fingerprint density at radius 2 is 2.15 bits per heavy atom. The van der Waals surface area contributed by atoms with Gasteiger partial charge in [0.2, 0.25) is 0 Å². The number of hydrogen-bond acceptors (Lipinski definition) is 3. The van der Waals surface area contributed by atoms with Gasteiger partial charge in [0.05, 0.1) is 13.1 Å². The monoisotopic (exact) mass is 243 g/mol. The van der Waals surface area contributed by atoms with E-state index in [4.69, 9.17) is 4.74 Å². The van der Waals surface area contributed by atoms with Gasteiger partial charge >= 0.3 is 0 Å². The van der Waals surface area contributed by atoms with Crippen LogP contribution in [-0.4, -0.2) is 13.1 Å². The minimum absolute atomic E-state index is 0.0943. The first-order valence-electron chi connectivity index (χ1n) is 3.62. The molecule has 0 fully saturated rings. The Morgan fingerprint density at radius 3 is 2.62 bits per heavy atom. The molecule has 70 valence electrons. The highest BCUT2D eigenvalue weighted by Gasteiger charge is 2.09. The van der Waals surface area contributed by atoms with Gasteiger partial charge in [-0.15, -0.1) is 0 Å². The predicted octanol–water partition coefficient (Wildman–Crippen LogP) is 1.13. The third kappa shape index (κ3) is 1.83. The third-order valence-electron chi connectivity index (χ3n) is 1.78. The minimum Gasteiger partial charge on any atom is -0.545 e. The number of aromatic carboxylic acids is 1. The number of halogens is 1. The van der Waals surface area contributed by atoms with E-state index in [0.29, 0.717) is 11.3 Å². The van der Waals surface area contributed by atoms with E-state index in [1.165, 1.54) is 7.11 Å². The fraction of sp³-hybridized carbons (Fsp3) is 0.222. The summed E-state index contributed by atoms with van der Waals surface area (Å²) in [6.07, 6.45) is 0.